The highest BCUT2D eigenvalue weighted by Gasteiger charge is 2.15. The van der Waals surface area contributed by atoms with Crippen LogP contribution in [-0.4, -0.2) is 19.0 Å². The summed E-state index contributed by atoms with van der Waals surface area (Å²) in [7, 11) is 0. The average molecular weight is 281 g/mol. The lowest BCUT2D eigenvalue weighted by Gasteiger charge is -2.21. The molecular weight excluding hydrogens is 268 g/mol. The van der Waals surface area contributed by atoms with E-state index in [9.17, 15) is 4.79 Å². The minimum absolute atomic E-state index is 0.0150. The molecule has 1 aliphatic heterocycles. The van der Waals surface area contributed by atoms with E-state index in [1.165, 1.54) is 5.57 Å². The van der Waals surface area contributed by atoms with Crippen LogP contribution in [0, 0.1) is 0 Å². The van der Waals surface area contributed by atoms with Crippen LogP contribution < -0.4 is 10.6 Å². The van der Waals surface area contributed by atoms with Crippen molar-refractivity contribution in [2.24, 2.45) is 0 Å². The number of carbonyl (C=O) groups excluding carboxylic acids is 1. The van der Waals surface area contributed by atoms with Gasteiger partial charge in [0.05, 0.1) is 0 Å². The van der Waals surface area contributed by atoms with Crippen LogP contribution >= 0.6 is 15.9 Å². The van der Waals surface area contributed by atoms with E-state index in [1.807, 2.05) is 31.2 Å². The van der Waals surface area contributed by atoms with E-state index in [2.05, 4.69) is 26.6 Å². The number of anilines is 1. The first-order valence-corrected chi connectivity index (χ1v) is 5.92. The maximum absolute atomic E-state index is 11.8. The van der Waals surface area contributed by atoms with Gasteiger partial charge in [0, 0.05) is 28.8 Å². The molecule has 1 saturated heterocycles. The summed E-state index contributed by atoms with van der Waals surface area (Å²) in [6, 6.07) is 7.56. The molecule has 16 heavy (non-hydrogen) atoms. The molecule has 1 fully saturated rings. The molecule has 0 aromatic heterocycles. The van der Waals surface area contributed by atoms with E-state index in [-0.39, 0.29) is 5.91 Å². The fourth-order valence-corrected chi connectivity index (χ4v) is 1.70. The van der Waals surface area contributed by atoms with Crippen LogP contribution in [0.5, 0.6) is 0 Å². The second kappa shape index (κ2) is 4.80. The largest absolute Gasteiger partial charge is 0.322 e. The second-order valence-electron chi connectivity index (χ2n) is 3.79. The van der Waals surface area contributed by atoms with Gasteiger partial charge in [-0.15, -0.1) is 0 Å². The van der Waals surface area contributed by atoms with Crippen LogP contribution in [0.25, 0.3) is 0 Å². The molecule has 2 N–H and O–H groups in total. The molecule has 0 atom stereocenters. The van der Waals surface area contributed by atoms with Crippen molar-refractivity contribution >= 4 is 27.5 Å². The van der Waals surface area contributed by atoms with Crippen LogP contribution in [0.4, 0.5) is 5.69 Å². The van der Waals surface area contributed by atoms with Crippen molar-refractivity contribution in [3.8, 4) is 0 Å². The van der Waals surface area contributed by atoms with Gasteiger partial charge >= 0.3 is 0 Å². The summed E-state index contributed by atoms with van der Waals surface area (Å²) in [4.78, 5) is 11.8. The van der Waals surface area contributed by atoms with E-state index < -0.39 is 0 Å². The summed E-state index contributed by atoms with van der Waals surface area (Å²) in [6.07, 6.45) is 0. The summed E-state index contributed by atoms with van der Waals surface area (Å²) >= 11 is 3.35. The highest BCUT2D eigenvalue weighted by Crippen LogP contribution is 2.16. The summed E-state index contributed by atoms with van der Waals surface area (Å²) in [5.74, 6) is -0.0150. The van der Waals surface area contributed by atoms with Crippen LogP contribution in [-0.2, 0) is 4.79 Å². The highest BCUT2D eigenvalue weighted by atomic mass is 79.9. The summed E-state index contributed by atoms with van der Waals surface area (Å²) in [6.45, 7) is 3.53. The van der Waals surface area contributed by atoms with Crippen molar-refractivity contribution < 1.29 is 4.79 Å². The third-order valence-corrected chi connectivity index (χ3v) is 3.18. The van der Waals surface area contributed by atoms with E-state index in [4.69, 9.17) is 0 Å². The minimum Gasteiger partial charge on any atom is -0.322 e. The van der Waals surface area contributed by atoms with Gasteiger partial charge in [-0.3, -0.25) is 4.79 Å². The molecule has 1 amide bonds. The van der Waals surface area contributed by atoms with Crippen molar-refractivity contribution in [3.05, 3.63) is 39.9 Å². The first-order valence-electron chi connectivity index (χ1n) is 5.13. The predicted octanol–water partition coefficient (Wildman–Crippen LogP) is 2.31. The topological polar surface area (TPSA) is 41.1 Å². The second-order valence-corrected chi connectivity index (χ2v) is 4.71. The Morgan fingerprint density at radius 3 is 2.44 bits per heavy atom. The molecule has 0 saturated carbocycles. The lowest BCUT2D eigenvalue weighted by atomic mass is 10.0. The molecular formula is C12H13BrN2O. The minimum atomic E-state index is -0.0150. The monoisotopic (exact) mass is 280 g/mol. The van der Waals surface area contributed by atoms with Gasteiger partial charge < -0.3 is 10.6 Å². The fraction of sp³-hybridized carbons (Fsp3) is 0.250. The molecule has 3 nitrogen and oxygen atoms in total. The third kappa shape index (κ3) is 2.51. The summed E-state index contributed by atoms with van der Waals surface area (Å²) in [5, 5.41) is 6.00. The van der Waals surface area contributed by atoms with Gasteiger partial charge in [-0.2, -0.15) is 0 Å². The Hall–Kier alpha value is -1.13. The predicted molar refractivity (Wildman–Crippen MR) is 68.3 cm³/mol. The average Bonchev–Trinajstić information content (AvgIpc) is 2.19. The number of halogens is 1. The number of benzene rings is 1. The van der Waals surface area contributed by atoms with Gasteiger partial charge in [-0.1, -0.05) is 15.9 Å². The number of nitrogens with one attached hydrogen (secondary N) is 2. The Morgan fingerprint density at radius 1 is 1.31 bits per heavy atom. The zero-order chi connectivity index (χ0) is 11.5. The molecule has 0 aliphatic carbocycles. The van der Waals surface area contributed by atoms with Crippen molar-refractivity contribution in [1.82, 2.24) is 5.32 Å². The number of hydrogen-bond donors (Lipinski definition) is 2. The van der Waals surface area contributed by atoms with E-state index >= 15 is 0 Å². The molecule has 1 aliphatic rings. The molecule has 1 aromatic rings. The highest BCUT2D eigenvalue weighted by molar-refractivity contribution is 9.10. The molecule has 84 valence electrons. The van der Waals surface area contributed by atoms with Crippen LogP contribution in [0.15, 0.2) is 39.9 Å². The quantitative estimate of drug-likeness (QED) is 0.817. The van der Waals surface area contributed by atoms with E-state index in [1.54, 1.807) is 0 Å². The lowest BCUT2D eigenvalue weighted by Crippen LogP contribution is -2.36. The third-order valence-electron chi connectivity index (χ3n) is 2.65. The standard InChI is InChI=1S/C12H13BrN2O/c1-8(9-6-14-7-9)12(16)15-11-4-2-10(13)3-5-11/h2-5,14H,6-7H2,1H3,(H,15,16). The lowest BCUT2D eigenvalue weighted by molar-refractivity contribution is -0.112. The number of amides is 1. The van der Waals surface area contributed by atoms with Gasteiger partial charge in [0.15, 0.2) is 0 Å². The molecule has 1 aromatic carbocycles. The number of rotatable bonds is 2. The van der Waals surface area contributed by atoms with Crippen LogP contribution in [0.2, 0.25) is 0 Å². The Bertz CT molecular complexity index is 431. The van der Waals surface area contributed by atoms with Crippen molar-refractivity contribution in [2.75, 3.05) is 18.4 Å². The van der Waals surface area contributed by atoms with Gasteiger partial charge in [0.1, 0.15) is 0 Å². The van der Waals surface area contributed by atoms with Gasteiger partial charge in [-0.05, 0) is 36.8 Å². The molecule has 0 radical (unpaired) electrons. The van der Waals surface area contributed by atoms with Crippen LogP contribution in [0.3, 0.4) is 0 Å². The fourth-order valence-electron chi connectivity index (χ4n) is 1.43. The number of carbonyl (C=O) groups is 1. The zero-order valence-electron chi connectivity index (χ0n) is 9.01. The van der Waals surface area contributed by atoms with Crippen LogP contribution in [0.1, 0.15) is 6.92 Å². The Morgan fingerprint density at radius 2 is 1.94 bits per heavy atom. The Balaban J connectivity index is 2.04. The zero-order valence-corrected chi connectivity index (χ0v) is 10.6. The normalized spacial score (nSPS) is 14.2. The maximum Gasteiger partial charge on any atom is 0.251 e. The molecule has 4 heteroatoms. The van der Waals surface area contributed by atoms with E-state index in [0.717, 1.165) is 28.8 Å². The molecule has 2 rings (SSSR count). The van der Waals surface area contributed by atoms with Crippen molar-refractivity contribution in [1.29, 1.82) is 0 Å². The number of hydrogen-bond acceptors (Lipinski definition) is 2. The van der Waals surface area contributed by atoms with Gasteiger partial charge in [0.25, 0.3) is 5.91 Å². The summed E-state index contributed by atoms with van der Waals surface area (Å²) in [5.41, 5.74) is 2.83. The first-order chi connectivity index (χ1) is 7.66. The van der Waals surface area contributed by atoms with Crippen molar-refractivity contribution in [3.63, 3.8) is 0 Å². The summed E-state index contributed by atoms with van der Waals surface area (Å²) < 4.78 is 1.00. The Labute approximate surface area is 103 Å². The molecule has 0 spiro atoms. The van der Waals surface area contributed by atoms with Gasteiger partial charge in [0.2, 0.25) is 0 Å². The smallest absolute Gasteiger partial charge is 0.251 e. The maximum atomic E-state index is 11.8. The molecule has 1 heterocycles. The first kappa shape index (κ1) is 11.4. The molecule has 0 unspecified atom stereocenters. The van der Waals surface area contributed by atoms with E-state index in [0.29, 0.717) is 0 Å². The Kier molecular flexibility index (Phi) is 3.41. The molecule has 0 bridgehead atoms. The van der Waals surface area contributed by atoms with Gasteiger partial charge in [-0.25, -0.2) is 0 Å². The SMILES string of the molecule is CC(C(=O)Nc1ccc(Br)cc1)=C1CNC1. The van der Waals surface area contributed by atoms with Crippen molar-refractivity contribution in [2.45, 2.75) is 6.92 Å².